The Morgan fingerprint density at radius 3 is 2.26 bits per heavy atom. The van der Waals surface area contributed by atoms with Crippen molar-refractivity contribution in [1.82, 2.24) is 0 Å². The average molecular weight is 316 g/mol. The van der Waals surface area contributed by atoms with Crippen molar-refractivity contribution in [2.24, 2.45) is 5.10 Å². The number of rotatable bonds is 5. The summed E-state index contributed by atoms with van der Waals surface area (Å²) in [5.74, 6) is 0.0779. The molecule has 0 unspecified atom stereocenters. The van der Waals surface area contributed by atoms with E-state index in [1.54, 1.807) is 12.1 Å². The van der Waals surface area contributed by atoms with Crippen LogP contribution in [0.25, 0.3) is 0 Å². The minimum atomic E-state index is -0.604. The Morgan fingerprint density at radius 2 is 1.74 bits per heavy atom. The highest BCUT2D eigenvalue weighted by molar-refractivity contribution is 6.11. The maximum absolute atomic E-state index is 12.0. The van der Waals surface area contributed by atoms with Crippen molar-refractivity contribution < 1.29 is 23.7 Å². The van der Waals surface area contributed by atoms with Crippen molar-refractivity contribution >= 4 is 17.4 Å². The molecule has 1 aliphatic heterocycles. The minimum absolute atomic E-state index is 0.000550. The lowest BCUT2D eigenvalue weighted by atomic mass is 10.0. The Bertz CT molecular complexity index is 757. The van der Waals surface area contributed by atoms with Crippen LogP contribution in [0.3, 0.4) is 0 Å². The number of anilines is 1. The summed E-state index contributed by atoms with van der Waals surface area (Å²) < 4.78 is 20.9. The number of cyclic esters (lactones) is 1. The van der Waals surface area contributed by atoms with Crippen LogP contribution in [0.2, 0.25) is 0 Å². The molecule has 0 saturated heterocycles. The Kier molecular flexibility index (Phi) is 4.52. The van der Waals surface area contributed by atoms with Crippen LogP contribution < -0.4 is 19.6 Å². The predicted octanol–water partition coefficient (Wildman–Crippen LogP) is 1.20. The fourth-order valence-corrected chi connectivity index (χ4v) is 2.19. The highest BCUT2D eigenvalue weighted by Gasteiger charge is 2.35. The third-order valence-electron chi connectivity index (χ3n) is 3.12. The minimum Gasteiger partial charge on any atom is -0.492 e. The molecule has 2 rings (SSSR count). The van der Waals surface area contributed by atoms with E-state index in [0.717, 1.165) is 0 Å². The SMILES string of the molecule is COc1c2c(c(NN=C(C#N)C#N)c(OC)c1OC)C(=O)OC2. The Balaban J connectivity index is 2.73. The average Bonchev–Trinajstić information content (AvgIpc) is 2.96. The van der Waals surface area contributed by atoms with Gasteiger partial charge in [0, 0.05) is 0 Å². The fourth-order valence-electron chi connectivity index (χ4n) is 2.19. The van der Waals surface area contributed by atoms with Crippen LogP contribution in [0.4, 0.5) is 5.69 Å². The summed E-state index contributed by atoms with van der Waals surface area (Å²) >= 11 is 0. The third kappa shape index (κ3) is 2.56. The lowest BCUT2D eigenvalue weighted by Crippen LogP contribution is -2.08. The van der Waals surface area contributed by atoms with E-state index in [4.69, 9.17) is 29.5 Å². The van der Waals surface area contributed by atoms with Gasteiger partial charge < -0.3 is 18.9 Å². The van der Waals surface area contributed by atoms with Gasteiger partial charge in [0.05, 0.1) is 32.5 Å². The molecule has 0 aromatic heterocycles. The number of benzene rings is 1. The summed E-state index contributed by atoms with van der Waals surface area (Å²) in [6.07, 6.45) is 0. The molecule has 1 N–H and O–H groups in total. The van der Waals surface area contributed by atoms with Crippen molar-refractivity contribution in [3.05, 3.63) is 11.1 Å². The lowest BCUT2D eigenvalue weighted by Gasteiger charge is -2.18. The first-order valence-electron chi connectivity index (χ1n) is 6.28. The number of carbonyl (C=O) groups excluding carboxylic acids is 1. The third-order valence-corrected chi connectivity index (χ3v) is 3.12. The summed E-state index contributed by atoms with van der Waals surface area (Å²) in [6, 6.07) is 3.21. The van der Waals surface area contributed by atoms with Crippen LogP contribution in [0, 0.1) is 22.7 Å². The highest BCUT2D eigenvalue weighted by atomic mass is 16.5. The van der Waals surface area contributed by atoms with E-state index in [2.05, 4.69) is 10.5 Å². The van der Waals surface area contributed by atoms with Gasteiger partial charge in [0.15, 0.2) is 11.5 Å². The van der Waals surface area contributed by atoms with Crippen LogP contribution in [0.15, 0.2) is 5.10 Å². The molecular formula is C14H12N4O5. The molecule has 0 saturated carbocycles. The van der Waals surface area contributed by atoms with Crippen molar-refractivity contribution in [2.45, 2.75) is 6.61 Å². The number of nitrogens with zero attached hydrogens (tertiary/aromatic N) is 3. The van der Waals surface area contributed by atoms with Crippen LogP contribution in [-0.2, 0) is 11.3 Å². The summed E-state index contributed by atoms with van der Waals surface area (Å²) in [7, 11) is 4.21. The first kappa shape index (κ1) is 15.9. The Hall–Kier alpha value is -3.46. The molecule has 1 heterocycles. The molecule has 0 spiro atoms. The van der Waals surface area contributed by atoms with E-state index in [0.29, 0.717) is 11.3 Å². The van der Waals surface area contributed by atoms with Gasteiger partial charge in [-0.3, -0.25) is 5.43 Å². The van der Waals surface area contributed by atoms with Gasteiger partial charge in [0.2, 0.25) is 11.5 Å². The molecule has 1 aliphatic rings. The van der Waals surface area contributed by atoms with Gasteiger partial charge in [-0.25, -0.2) is 4.79 Å². The van der Waals surface area contributed by atoms with E-state index in [9.17, 15) is 4.79 Å². The molecule has 0 atom stereocenters. The van der Waals surface area contributed by atoms with Gasteiger partial charge in [-0.1, -0.05) is 0 Å². The zero-order chi connectivity index (χ0) is 17.0. The first-order chi connectivity index (χ1) is 11.1. The molecule has 9 nitrogen and oxygen atoms in total. The quantitative estimate of drug-likeness (QED) is 0.488. The molecule has 9 heteroatoms. The number of hydrazone groups is 1. The van der Waals surface area contributed by atoms with Gasteiger partial charge in [0.25, 0.3) is 0 Å². The van der Waals surface area contributed by atoms with Gasteiger partial charge in [-0.05, 0) is 0 Å². The number of ether oxygens (including phenoxy) is 4. The maximum Gasteiger partial charge on any atom is 0.341 e. The molecule has 118 valence electrons. The van der Waals surface area contributed by atoms with Crippen LogP contribution in [0.5, 0.6) is 17.2 Å². The van der Waals surface area contributed by atoms with Crippen LogP contribution >= 0.6 is 0 Å². The summed E-state index contributed by atoms with van der Waals surface area (Å²) in [5.41, 5.74) is 2.83. The number of nitriles is 2. The number of methoxy groups -OCH3 is 3. The van der Waals surface area contributed by atoms with Crippen molar-refractivity contribution in [1.29, 1.82) is 10.5 Å². The fraction of sp³-hybridized carbons (Fsp3) is 0.286. The largest absolute Gasteiger partial charge is 0.492 e. The van der Waals surface area contributed by atoms with Gasteiger partial charge in [-0.15, -0.1) is 0 Å². The van der Waals surface area contributed by atoms with E-state index in [1.165, 1.54) is 21.3 Å². The van der Waals surface area contributed by atoms with Gasteiger partial charge in [0.1, 0.15) is 24.4 Å². The number of hydrogen-bond donors (Lipinski definition) is 1. The molecular weight excluding hydrogens is 304 g/mol. The second-order valence-electron chi connectivity index (χ2n) is 4.20. The van der Waals surface area contributed by atoms with Crippen molar-refractivity contribution in [3.8, 4) is 29.4 Å². The van der Waals surface area contributed by atoms with Crippen molar-refractivity contribution in [3.63, 3.8) is 0 Å². The zero-order valence-corrected chi connectivity index (χ0v) is 12.6. The summed E-state index contributed by atoms with van der Waals surface area (Å²) in [6.45, 7) is -0.000550. The topological polar surface area (TPSA) is 126 Å². The van der Waals surface area contributed by atoms with E-state index >= 15 is 0 Å². The number of hydrogen-bond acceptors (Lipinski definition) is 9. The van der Waals surface area contributed by atoms with E-state index in [-0.39, 0.29) is 29.4 Å². The summed E-state index contributed by atoms with van der Waals surface area (Å²) in [5, 5.41) is 21.1. The lowest BCUT2D eigenvalue weighted by molar-refractivity contribution is 0.0534. The smallest absolute Gasteiger partial charge is 0.341 e. The summed E-state index contributed by atoms with van der Waals surface area (Å²) in [4.78, 5) is 12.0. The Morgan fingerprint density at radius 1 is 1.13 bits per heavy atom. The number of esters is 1. The maximum atomic E-state index is 12.0. The van der Waals surface area contributed by atoms with Crippen LogP contribution in [-0.4, -0.2) is 33.0 Å². The first-order valence-corrected chi connectivity index (χ1v) is 6.28. The standard InChI is InChI=1S/C14H12N4O5/c1-20-11-8-6-23-14(19)9(8)10(12(21-2)13(11)22-3)18-17-7(4-15)5-16/h18H,6H2,1-3H3. The monoisotopic (exact) mass is 316 g/mol. The molecule has 0 fully saturated rings. The molecule has 0 aliphatic carbocycles. The highest BCUT2D eigenvalue weighted by Crippen LogP contribution is 2.50. The predicted molar refractivity (Wildman–Crippen MR) is 77.5 cm³/mol. The van der Waals surface area contributed by atoms with Crippen LogP contribution in [0.1, 0.15) is 15.9 Å². The van der Waals surface area contributed by atoms with Crippen molar-refractivity contribution in [2.75, 3.05) is 26.8 Å². The molecule has 0 radical (unpaired) electrons. The number of nitrogens with one attached hydrogen (secondary N) is 1. The molecule has 1 aromatic rings. The number of fused-ring (bicyclic) bond motifs is 1. The number of carbonyl (C=O) groups is 1. The molecule has 0 bridgehead atoms. The Labute approximate surface area is 131 Å². The van der Waals surface area contributed by atoms with E-state index in [1.807, 2.05) is 0 Å². The van der Waals surface area contributed by atoms with E-state index < -0.39 is 11.7 Å². The second kappa shape index (κ2) is 6.54. The zero-order valence-electron chi connectivity index (χ0n) is 12.6. The second-order valence-corrected chi connectivity index (χ2v) is 4.20. The molecule has 1 aromatic carbocycles. The van der Waals surface area contributed by atoms with Gasteiger partial charge in [-0.2, -0.15) is 15.6 Å². The molecule has 23 heavy (non-hydrogen) atoms. The van der Waals surface area contributed by atoms with Gasteiger partial charge >= 0.3 is 5.97 Å². The molecule has 0 amide bonds. The normalized spacial score (nSPS) is 11.4.